The summed E-state index contributed by atoms with van der Waals surface area (Å²) in [7, 11) is 0. The van der Waals surface area contributed by atoms with Crippen LogP contribution < -0.4 is 11.5 Å². The van der Waals surface area contributed by atoms with Gasteiger partial charge < -0.3 is 11.5 Å². The number of carbonyl (C=O) groups is 1. The molecule has 0 bridgehead atoms. The Balaban J connectivity index is 3.01. The van der Waals surface area contributed by atoms with E-state index in [0.717, 1.165) is 10.5 Å². The molecule has 3 nitrogen and oxygen atoms in total. The summed E-state index contributed by atoms with van der Waals surface area (Å²) in [5, 5.41) is 0. The Morgan fingerprint density at radius 2 is 1.79 bits per heavy atom. The second kappa shape index (κ2) is 5.45. The van der Waals surface area contributed by atoms with Gasteiger partial charge in [-0.1, -0.05) is 34.6 Å². The quantitative estimate of drug-likeness (QED) is 0.657. The first-order valence-corrected chi connectivity index (χ1v) is 7.20. The van der Waals surface area contributed by atoms with Gasteiger partial charge in [0.2, 0.25) is 5.91 Å². The number of amides is 1. The molecule has 106 valence electrons. The van der Waals surface area contributed by atoms with Crippen LogP contribution in [-0.4, -0.2) is 10.7 Å². The Bertz CT molecular complexity index is 476. The average molecular weight is 280 g/mol. The molecule has 0 aliphatic carbocycles. The number of hydrogen-bond donors (Lipinski definition) is 2. The van der Waals surface area contributed by atoms with E-state index < -0.39 is 5.41 Å². The summed E-state index contributed by atoms with van der Waals surface area (Å²) >= 11 is 1.79. The summed E-state index contributed by atoms with van der Waals surface area (Å²) in [6, 6.07) is 5.99. The van der Waals surface area contributed by atoms with Crippen molar-refractivity contribution < 1.29 is 4.79 Å². The molecule has 4 heteroatoms. The van der Waals surface area contributed by atoms with E-state index in [2.05, 4.69) is 26.8 Å². The number of nitrogens with two attached hydrogens (primary N) is 2. The SMILES string of the molecule is CC(C)(C)Sc1ccc(N)c(CC(C)(C)C(N)=O)c1. The van der Waals surface area contributed by atoms with E-state index in [9.17, 15) is 4.79 Å². The maximum Gasteiger partial charge on any atom is 0.223 e. The second-order valence-corrected chi connectivity index (χ2v) is 8.40. The molecule has 0 atom stereocenters. The van der Waals surface area contributed by atoms with Crippen LogP contribution in [0, 0.1) is 5.41 Å². The van der Waals surface area contributed by atoms with Crippen LogP contribution >= 0.6 is 11.8 Å². The molecule has 4 N–H and O–H groups in total. The highest BCUT2D eigenvalue weighted by Gasteiger charge is 2.26. The first kappa shape index (κ1) is 15.9. The van der Waals surface area contributed by atoms with E-state index in [4.69, 9.17) is 11.5 Å². The van der Waals surface area contributed by atoms with Crippen molar-refractivity contribution in [2.24, 2.45) is 11.1 Å². The van der Waals surface area contributed by atoms with Crippen LogP contribution in [0.1, 0.15) is 40.2 Å². The molecule has 1 aromatic rings. The Labute approximate surface area is 120 Å². The van der Waals surface area contributed by atoms with Gasteiger partial charge in [0, 0.05) is 20.7 Å². The van der Waals surface area contributed by atoms with E-state index in [-0.39, 0.29) is 10.7 Å². The van der Waals surface area contributed by atoms with Crippen molar-refractivity contribution in [3.05, 3.63) is 23.8 Å². The molecule has 0 fully saturated rings. The minimum absolute atomic E-state index is 0.145. The summed E-state index contributed by atoms with van der Waals surface area (Å²) in [6.07, 6.45) is 0.562. The van der Waals surface area contributed by atoms with Crippen LogP contribution in [0.3, 0.4) is 0 Å². The minimum Gasteiger partial charge on any atom is -0.399 e. The number of anilines is 1. The molecule has 1 rings (SSSR count). The van der Waals surface area contributed by atoms with Crippen molar-refractivity contribution in [3.63, 3.8) is 0 Å². The average Bonchev–Trinajstić information content (AvgIpc) is 2.20. The molecule has 0 unspecified atom stereocenters. The molecular formula is C15H24N2OS. The fourth-order valence-electron chi connectivity index (χ4n) is 1.72. The number of rotatable bonds is 4. The van der Waals surface area contributed by atoms with Gasteiger partial charge in [-0.15, -0.1) is 11.8 Å². The normalized spacial score (nSPS) is 12.5. The zero-order chi connectivity index (χ0) is 14.8. The van der Waals surface area contributed by atoms with Gasteiger partial charge >= 0.3 is 0 Å². The molecule has 0 radical (unpaired) electrons. The molecule has 0 aliphatic heterocycles. The molecule has 0 aromatic heterocycles. The molecule has 1 amide bonds. The maximum absolute atomic E-state index is 11.4. The van der Waals surface area contributed by atoms with Crippen molar-refractivity contribution in [1.29, 1.82) is 0 Å². The number of hydrogen-bond acceptors (Lipinski definition) is 3. The van der Waals surface area contributed by atoms with Gasteiger partial charge in [-0.3, -0.25) is 4.79 Å². The first-order valence-electron chi connectivity index (χ1n) is 6.38. The molecular weight excluding hydrogens is 256 g/mol. The monoisotopic (exact) mass is 280 g/mol. The largest absolute Gasteiger partial charge is 0.399 e. The van der Waals surface area contributed by atoms with E-state index in [1.54, 1.807) is 11.8 Å². The lowest BCUT2D eigenvalue weighted by atomic mass is 9.84. The fraction of sp³-hybridized carbons (Fsp3) is 0.533. The van der Waals surface area contributed by atoms with Gasteiger partial charge in [0.15, 0.2) is 0 Å². The highest BCUT2D eigenvalue weighted by atomic mass is 32.2. The standard InChI is InChI=1S/C15H24N2OS/c1-14(2,3)19-11-6-7-12(16)10(8-11)9-15(4,5)13(17)18/h6-8H,9,16H2,1-5H3,(H2,17,18). The summed E-state index contributed by atoms with van der Waals surface area (Å²) in [4.78, 5) is 12.6. The first-order chi connectivity index (χ1) is 8.51. The van der Waals surface area contributed by atoms with Gasteiger partial charge in [-0.2, -0.15) is 0 Å². The third kappa shape index (κ3) is 4.78. The summed E-state index contributed by atoms with van der Waals surface area (Å²) < 4.78 is 0.145. The number of nitrogen functional groups attached to an aromatic ring is 1. The van der Waals surface area contributed by atoms with Crippen molar-refractivity contribution in [3.8, 4) is 0 Å². The Morgan fingerprint density at radius 3 is 2.26 bits per heavy atom. The smallest absolute Gasteiger partial charge is 0.223 e. The zero-order valence-corrected chi connectivity index (χ0v) is 13.2. The van der Waals surface area contributed by atoms with Crippen molar-refractivity contribution in [2.45, 2.75) is 50.7 Å². The van der Waals surface area contributed by atoms with Crippen molar-refractivity contribution in [2.75, 3.05) is 5.73 Å². The molecule has 0 spiro atoms. The van der Waals surface area contributed by atoms with Gasteiger partial charge in [0.05, 0.1) is 0 Å². The number of thioether (sulfide) groups is 1. The number of primary amides is 1. The van der Waals surface area contributed by atoms with E-state index in [0.29, 0.717) is 12.1 Å². The van der Waals surface area contributed by atoms with Crippen LogP contribution in [0.25, 0.3) is 0 Å². The minimum atomic E-state index is -0.584. The summed E-state index contributed by atoms with van der Waals surface area (Å²) in [5.74, 6) is -0.305. The molecule has 1 aromatic carbocycles. The number of carbonyl (C=O) groups excluding carboxylic acids is 1. The van der Waals surface area contributed by atoms with Crippen LogP contribution in [0.5, 0.6) is 0 Å². The van der Waals surface area contributed by atoms with E-state index in [1.807, 2.05) is 26.0 Å². The fourth-order valence-corrected chi connectivity index (χ4v) is 2.76. The Kier molecular flexibility index (Phi) is 4.56. The van der Waals surface area contributed by atoms with Gasteiger partial charge in [-0.25, -0.2) is 0 Å². The highest BCUT2D eigenvalue weighted by Crippen LogP contribution is 2.35. The van der Waals surface area contributed by atoms with Gasteiger partial charge in [0.25, 0.3) is 0 Å². The number of benzene rings is 1. The topological polar surface area (TPSA) is 69.1 Å². The van der Waals surface area contributed by atoms with Crippen LogP contribution in [0.4, 0.5) is 5.69 Å². The lowest BCUT2D eigenvalue weighted by molar-refractivity contribution is -0.125. The third-order valence-electron chi connectivity index (χ3n) is 2.84. The highest BCUT2D eigenvalue weighted by molar-refractivity contribution is 8.00. The van der Waals surface area contributed by atoms with E-state index in [1.165, 1.54) is 0 Å². The summed E-state index contributed by atoms with van der Waals surface area (Å²) in [5.41, 5.74) is 12.5. The second-order valence-electron chi connectivity index (χ2n) is 6.50. The van der Waals surface area contributed by atoms with Crippen molar-refractivity contribution >= 4 is 23.4 Å². The van der Waals surface area contributed by atoms with Crippen LogP contribution in [-0.2, 0) is 11.2 Å². The van der Waals surface area contributed by atoms with Gasteiger partial charge in [-0.05, 0) is 30.2 Å². The predicted octanol–water partition coefficient (Wildman–Crippen LogP) is 3.21. The molecule has 19 heavy (non-hydrogen) atoms. The zero-order valence-electron chi connectivity index (χ0n) is 12.4. The Hall–Kier alpha value is -1.16. The third-order valence-corrected chi connectivity index (χ3v) is 3.94. The van der Waals surface area contributed by atoms with Crippen LogP contribution in [0.15, 0.2) is 23.1 Å². The van der Waals surface area contributed by atoms with Gasteiger partial charge in [0.1, 0.15) is 0 Å². The predicted molar refractivity (Wildman–Crippen MR) is 83.1 cm³/mol. The lowest BCUT2D eigenvalue weighted by Crippen LogP contribution is -2.33. The molecule has 0 saturated carbocycles. The van der Waals surface area contributed by atoms with Crippen molar-refractivity contribution in [1.82, 2.24) is 0 Å². The molecule has 0 aliphatic rings. The molecule has 0 saturated heterocycles. The molecule has 0 heterocycles. The van der Waals surface area contributed by atoms with E-state index >= 15 is 0 Å². The summed E-state index contributed by atoms with van der Waals surface area (Å²) in [6.45, 7) is 10.2. The Morgan fingerprint density at radius 1 is 1.21 bits per heavy atom. The maximum atomic E-state index is 11.4. The lowest BCUT2D eigenvalue weighted by Gasteiger charge is -2.23. The van der Waals surface area contributed by atoms with Crippen LogP contribution in [0.2, 0.25) is 0 Å².